The highest BCUT2D eigenvalue weighted by atomic mass is 35.5. The van der Waals surface area contributed by atoms with Crippen LogP contribution in [0.4, 0.5) is 0 Å². The number of hydrogen-bond donors (Lipinski definition) is 1. The van der Waals surface area contributed by atoms with Gasteiger partial charge in [-0.15, -0.1) is 0 Å². The Labute approximate surface area is 116 Å². The summed E-state index contributed by atoms with van der Waals surface area (Å²) in [6.07, 6.45) is 0.709. The van der Waals surface area contributed by atoms with Gasteiger partial charge in [-0.25, -0.2) is 0 Å². The number of hydrogen-bond acceptors (Lipinski definition) is 2. The van der Waals surface area contributed by atoms with Crippen LogP contribution in [0.5, 0.6) is 0 Å². The first kappa shape index (κ1) is 13.7. The molecule has 98 valence electrons. The van der Waals surface area contributed by atoms with Gasteiger partial charge in [0.15, 0.2) is 0 Å². The highest BCUT2D eigenvalue weighted by molar-refractivity contribution is 6.42. The maximum absolute atomic E-state index is 10.9. The summed E-state index contributed by atoms with van der Waals surface area (Å²) in [6, 6.07) is 5.72. The molecular formula is C13H15Cl2NO2. The van der Waals surface area contributed by atoms with Crippen LogP contribution in [0.3, 0.4) is 0 Å². The standard InChI is InChI=1S/C13H15Cl2NO2/c1-8(9-2-3-11(14)12(15)6-9)16-5-4-10(7-16)13(17)18/h2-3,6,8,10H,4-5,7H2,1H3,(H,17,18). The normalized spacial score (nSPS) is 22.1. The van der Waals surface area contributed by atoms with Crippen LogP contribution in [-0.4, -0.2) is 29.1 Å². The number of halogens is 2. The molecule has 18 heavy (non-hydrogen) atoms. The highest BCUT2D eigenvalue weighted by Gasteiger charge is 2.31. The average molecular weight is 288 g/mol. The van der Waals surface area contributed by atoms with Crippen molar-refractivity contribution in [3.8, 4) is 0 Å². The lowest BCUT2D eigenvalue weighted by Gasteiger charge is -2.24. The van der Waals surface area contributed by atoms with Crippen molar-refractivity contribution in [1.29, 1.82) is 0 Å². The molecule has 0 saturated carbocycles. The van der Waals surface area contributed by atoms with E-state index in [-0.39, 0.29) is 12.0 Å². The summed E-state index contributed by atoms with van der Waals surface area (Å²) >= 11 is 11.9. The maximum Gasteiger partial charge on any atom is 0.307 e. The Kier molecular flexibility index (Phi) is 4.15. The molecule has 2 unspecified atom stereocenters. The van der Waals surface area contributed by atoms with E-state index in [1.807, 2.05) is 12.1 Å². The lowest BCUT2D eigenvalue weighted by molar-refractivity contribution is -0.141. The second kappa shape index (κ2) is 5.47. The lowest BCUT2D eigenvalue weighted by atomic mass is 10.1. The topological polar surface area (TPSA) is 40.5 Å². The zero-order valence-electron chi connectivity index (χ0n) is 10.1. The molecule has 0 bridgehead atoms. The van der Waals surface area contributed by atoms with E-state index in [0.29, 0.717) is 23.0 Å². The van der Waals surface area contributed by atoms with Gasteiger partial charge in [0.1, 0.15) is 0 Å². The van der Waals surface area contributed by atoms with E-state index >= 15 is 0 Å². The van der Waals surface area contributed by atoms with E-state index in [1.165, 1.54) is 0 Å². The van der Waals surface area contributed by atoms with E-state index in [0.717, 1.165) is 12.1 Å². The maximum atomic E-state index is 10.9. The highest BCUT2D eigenvalue weighted by Crippen LogP contribution is 2.31. The van der Waals surface area contributed by atoms with Crippen molar-refractivity contribution in [2.24, 2.45) is 5.92 Å². The second-order valence-corrected chi connectivity index (χ2v) is 5.48. The first-order valence-corrected chi connectivity index (χ1v) is 6.66. The third-order valence-corrected chi connectivity index (χ3v) is 4.28. The summed E-state index contributed by atoms with van der Waals surface area (Å²) in [4.78, 5) is 13.1. The summed E-state index contributed by atoms with van der Waals surface area (Å²) in [6.45, 7) is 3.46. The molecule has 1 fully saturated rings. The molecule has 0 spiro atoms. The van der Waals surface area contributed by atoms with Crippen LogP contribution < -0.4 is 0 Å². The molecule has 2 rings (SSSR count). The van der Waals surface area contributed by atoms with Crippen molar-refractivity contribution >= 4 is 29.2 Å². The molecule has 0 amide bonds. The molecule has 5 heteroatoms. The van der Waals surface area contributed by atoms with Crippen LogP contribution in [0.1, 0.15) is 24.9 Å². The first-order valence-electron chi connectivity index (χ1n) is 5.91. The molecule has 1 aromatic rings. The Morgan fingerprint density at radius 1 is 1.44 bits per heavy atom. The molecule has 2 atom stereocenters. The minimum Gasteiger partial charge on any atom is -0.481 e. The van der Waals surface area contributed by atoms with Gasteiger partial charge >= 0.3 is 5.97 Å². The third kappa shape index (κ3) is 2.79. The molecule has 0 radical (unpaired) electrons. The molecule has 0 aliphatic carbocycles. The average Bonchev–Trinajstić information content (AvgIpc) is 2.81. The minimum absolute atomic E-state index is 0.157. The number of carboxylic acid groups (broad SMARTS) is 1. The van der Waals surface area contributed by atoms with Crippen molar-refractivity contribution in [2.45, 2.75) is 19.4 Å². The third-order valence-electron chi connectivity index (χ3n) is 3.54. The molecule has 1 aliphatic heterocycles. The molecular weight excluding hydrogens is 273 g/mol. The van der Waals surface area contributed by atoms with Gasteiger partial charge in [0.05, 0.1) is 16.0 Å². The molecule has 1 saturated heterocycles. The van der Waals surface area contributed by atoms with Gasteiger partial charge in [0, 0.05) is 12.6 Å². The monoisotopic (exact) mass is 287 g/mol. The molecule has 1 aromatic carbocycles. The Bertz CT molecular complexity index is 464. The van der Waals surface area contributed by atoms with E-state index < -0.39 is 5.97 Å². The molecule has 1 aliphatic rings. The number of benzene rings is 1. The second-order valence-electron chi connectivity index (χ2n) is 4.67. The van der Waals surface area contributed by atoms with E-state index in [4.69, 9.17) is 28.3 Å². The fourth-order valence-corrected chi connectivity index (χ4v) is 2.63. The van der Waals surface area contributed by atoms with Crippen molar-refractivity contribution in [2.75, 3.05) is 13.1 Å². The lowest BCUT2D eigenvalue weighted by Crippen LogP contribution is -2.26. The quantitative estimate of drug-likeness (QED) is 0.926. The predicted octanol–water partition coefficient (Wildman–Crippen LogP) is 3.46. The largest absolute Gasteiger partial charge is 0.481 e. The van der Waals surface area contributed by atoms with Crippen molar-refractivity contribution in [1.82, 2.24) is 4.90 Å². The number of nitrogens with zero attached hydrogens (tertiary/aromatic N) is 1. The van der Waals surface area contributed by atoms with Gasteiger partial charge < -0.3 is 5.11 Å². The van der Waals surface area contributed by atoms with Gasteiger partial charge in [-0.3, -0.25) is 9.69 Å². The fourth-order valence-electron chi connectivity index (χ4n) is 2.32. The van der Waals surface area contributed by atoms with E-state index in [9.17, 15) is 4.79 Å². The minimum atomic E-state index is -0.709. The molecule has 3 nitrogen and oxygen atoms in total. The summed E-state index contributed by atoms with van der Waals surface area (Å²) in [5, 5.41) is 10.1. The number of aliphatic carboxylic acids is 1. The van der Waals surface area contributed by atoms with Crippen molar-refractivity contribution in [3.05, 3.63) is 33.8 Å². The van der Waals surface area contributed by atoms with Gasteiger partial charge in [-0.05, 0) is 37.6 Å². The summed E-state index contributed by atoms with van der Waals surface area (Å²) in [5.74, 6) is -0.964. The van der Waals surface area contributed by atoms with E-state index in [1.54, 1.807) is 6.07 Å². The smallest absolute Gasteiger partial charge is 0.307 e. The van der Waals surface area contributed by atoms with Crippen LogP contribution in [0.2, 0.25) is 10.0 Å². The number of carbonyl (C=O) groups is 1. The molecule has 0 aromatic heterocycles. The van der Waals surface area contributed by atoms with Crippen LogP contribution >= 0.6 is 23.2 Å². The predicted molar refractivity (Wildman–Crippen MR) is 72.2 cm³/mol. The van der Waals surface area contributed by atoms with Crippen molar-refractivity contribution < 1.29 is 9.90 Å². The Morgan fingerprint density at radius 3 is 2.72 bits per heavy atom. The van der Waals surface area contributed by atoms with E-state index in [2.05, 4.69) is 11.8 Å². The number of rotatable bonds is 3. The van der Waals surface area contributed by atoms with Crippen LogP contribution in [0.25, 0.3) is 0 Å². The fraction of sp³-hybridized carbons (Fsp3) is 0.462. The number of carboxylic acids is 1. The zero-order chi connectivity index (χ0) is 13.3. The van der Waals surface area contributed by atoms with Crippen LogP contribution in [0.15, 0.2) is 18.2 Å². The number of likely N-dealkylation sites (tertiary alicyclic amines) is 1. The Balaban J connectivity index is 2.10. The first-order chi connectivity index (χ1) is 8.49. The summed E-state index contributed by atoms with van der Waals surface area (Å²) in [7, 11) is 0. The van der Waals surface area contributed by atoms with Gasteiger partial charge in [-0.1, -0.05) is 29.3 Å². The SMILES string of the molecule is CC(c1ccc(Cl)c(Cl)c1)N1CCC(C(=O)O)C1. The van der Waals surface area contributed by atoms with Crippen LogP contribution in [-0.2, 0) is 4.79 Å². The van der Waals surface area contributed by atoms with Crippen molar-refractivity contribution in [3.63, 3.8) is 0 Å². The van der Waals surface area contributed by atoms with Crippen LogP contribution in [0, 0.1) is 5.92 Å². The summed E-state index contributed by atoms with van der Waals surface area (Å²) in [5.41, 5.74) is 1.07. The Morgan fingerprint density at radius 2 is 2.17 bits per heavy atom. The Hall–Kier alpha value is -0.770. The molecule has 1 heterocycles. The van der Waals surface area contributed by atoms with Gasteiger partial charge in [-0.2, -0.15) is 0 Å². The molecule has 1 N–H and O–H groups in total. The zero-order valence-corrected chi connectivity index (χ0v) is 11.6. The van der Waals surface area contributed by atoms with Gasteiger partial charge in [0.25, 0.3) is 0 Å². The summed E-state index contributed by atoms with van der Waals surface area (Å²) < 4.78 is 0. The van der Waals surface area contributed by atoms with Gasteiger partial charge in [0.2, 0.25) is 0 Å².